The molecule has 0 saturated carbocycles. The third-order valence-electron chi connectivity index (χ3n) is 5.12. The second-order valence-corrected chi connectivity index (χ2v) is 7.42. The van der Waals surface area contributed by atoms with Crippen LogP contribution < -0.4 is 5.32 Å². The molecule has 1 fully saturated rings. The van der Waals surface area contributed by atoms with Crippen LogP contribution in [0.4, 0.5) is 4.39 Å². The van der Waals surface area contributed by atoms with E-state index in [-0.39, 0.29) is 5.82 Å². The molecule has 1 aromatic carbocycles. The van der Waals surface area contributed by atoms with E-state index >= 15 is 0 Å². The Kier molecular flexibility index (Phi) is 6.72. The molecule has 0 radical (unpaired) electrons. The van der Waals surface area contributed by atoms with Crippen molar-refractivity contribution in [1.29, 1.82) is 0 Å². The standard InChI is InChI=1S/C20H27ClFN5/c1-3-24-20(25-8-6-16-4-5-17(22)12-18(16)21)26-10-7-15(2)19(13-26)27-11-9-23-14-27/h4-5,9,11-12,14-15,19H,3,6-8,10,13H2,1-2H3,(H,24,25). The van der Waals surface area contributed by atoms with Crippen LogP contribution in [-0.2, 0) is 6.42 Å². The minimum absolute atomic E-state index is 0.312. The van der Waals surface area contributed by atoms with Gasteiger partial charge in [0.2, 0.25) is 0 Å². The van der Waals surface area contributed by atoms with E-state index in [4.69, 9.17) is 16.6 Å². The van der Waals surface area contributed by atoms with Crippen molar-refractivity contribution in [2.45, 2.75) is 32.7 Å². The fraction of sp³-hybridized carbons (Fsp3) is 0.500. The van der Waals surface area contributed by atoms with Crippen LogP contribution in [0.3, 0.4) is 0 Å². The van der Waals surface area contributed by atoms with Gasteiger partial charge >= 0.3 is 0 Å². The molecule has 0 spiro atoms. The summed E-state index contributed by atoms with van der Waals surface area (Å²) in [6, 6.07) is 4.92. The topological polar surface area (TPSA) is 45.5 Å². The van der Waals surface area contributed by atoms with Crippen LogP contribution in [0, 0.1) is 11.7 Å². The van der Waals surface area contributed by atoms with Gasteiger partial charge in [0.1, 0.15) is 5.82 Å². The predicted molar refractivity (Wildman–Crippen MR) is 108 cm³/mol. The molecule has 1 aliphatic heterocycles. The lowest BCUT2D eigenvalue weighted by molar-refractivity contribution is 0.189. The minimum atomic E-state index is -0.312. The van der Waals surface area contributed by atoms with Crippen LogP contribution in [-0.4, -0.2) is 46.6 Å². The van der Waals surface area contributed by atoms with Crippen LogP contribution in [0.1, 0.15) is 31.9 Å². The number of nitrogens with one attached hydrogen (secondary N) is 1. The first kappa shape index (κ1) is 19.7. The van der Waals surface area contributed by atoms with Crippen LogP contribution in [0.2, 0.25) is 5.02 Å². The van der Waals surface area contributed by atoms with Gasteiger partial charge in [-0.1, -0.05) is 24.6 Å². The van der Waals surface area contributed by atoms with E-state index < -0.39 is 0 Å². The number of aromatic nitrogens is 2. The first-order valence-electron chi connectivity index (χ1n) is 9.53. The van der Waals surface area contributed by atoms with Crippen molar-refractivity contribution in [2.24, 2.45) is 10.9 Å². The molecule has 2 heterocycles. The second-order valence-electron chi connectivity index (χ2n) is 7.01. The van der Waals surface area contributed by atoms with Crippen molar-refractivity contribution < 1.29 is 4.39 Å². The van der Waals surface area contributed by atoms with Gasteiger partial charge in [-0.05, 0) is 43.4 Å². The Balaban J connectivity index is 1.67. The van der Waals surface area contributed by atoms with Gasteiger partial charge in [-0.3, -0.25) is 4.99 Å². The van der Waals surface area contributed by atoms with Gasteiger partial charge in [0.05, 0.1) is 12.4 Å². The highest BCUT2D eigenvalue weighted by atomic mass is 35.5. The number of hydrogen-bond donors (Lipinski definition) is 1. The van der Waals surface area contributed by atoms with Crippen molar-refractivity contribution in [2.75, 3.05) is 26.2 Å². The minimum Gasteiger partial charge on any atom is -0.357 e. The highest BCUT2D eigenvalue weighted by Gasteiger charge is 2.28. The molecule has 146 valence electrons. The summed E-state index contributed by atoms with van der Waals surface area (Å²) in [6.07, 6.45) is 7.55. The van der Waals surface area contributed by atoms with E-state index in [1.807, 2.05) is 18.7 Å². The maximum absolute atomic E-state index is 13.2. The molecule has 0 amide bonds. The van der Waals surface area contributed by atoms with Crippen molar-refractivity contribution in [3.05, 3.63) is 53.3 Å². The fourth-order valence-corrected chi connectivity index (χ4v) is 3.79. The van der Waals surface area contributed by atoms with Gasteiger partial charge < -0.3 is 14.8 Å². The molecule has 2 aromatic rings. The summed E-state index contributed by atoms with van der Waals surface area (Å²) >= 11 is 6.12. The monoisotopic (exact) mass is 391 g/mol. The number of nitrogens with zero attached hydrogens (tertiary/aromatic N) is 4. The van der Waals surface area contributed by atoms with E-state index in [2.05, 4.69) is 33.6 Å². The maximum Gasteiger partial charge on any atom is 0.193 e. The van der Waals surface area contributed by atoms with Gasteiger partial charge in [0.15, 0.2) is 5.96 Å². The van der Waals surface area contributed by atoms with Crippen LogP contribution in [0.15, 0.2) is 41.9 Å². The molecule has 0 aliphatic carbocycles. The summed E-state index contributed by atoms with van der Waals surface area (Å²) in [5, 5.41) is 3.86. The molecular weight excluding hydrogens is 365 g/mol. The lowest BCUT2D eigenvalue weighted by Crippen LogP contribution is -2.49. The Bertz CT molecular complexity index is 762. The van der Waals surface area contributed by atoms with Crippen molar-refractivity contribution >= 4 is 17.6 Å². The molecular formula is C20H27ClFN5. The van der Waals surface area contributed by atoms with E-state index in [1.54, 1.807) is 6.07 Å². The second kappa shape index (κ2) is 9.22. The van der Waals surface area contributed by atoms with E-state index in [1.165, 1.54) is 12.1 Å². The Morgan fingerprint density at radius 1 is 1.44 bits per heavy atom. The van der Waals surface area contributed by atoms with Gasteiger partial charge in [-0.25, -0.2) is 9.37 Å². The summed E-state index contributed by atoms with van der Waals surface area (Å²) in [5.41, 5.74) is 0.918. The Morgan fingerprint density at radius 3 is 3.00 bits per heavy atom. The Morgan fingerprint density at radius 2 is 2.30 bits per heavy atom. The van der Waals surface area contributed by atoms with Crippen molar-refractivity contribution in [3.63, 3.8) is 0 Å². The van der Waals surface area contributed by atoms with E-state index in [0.29, 0.717) is 29.9 Å². The number of imidazole rings is 1. The van der Waals surface area contributed by atoms with Crippen molar-refractivity contribution in [3.8, 4) is 0 Å². The predicted octanol–water partition coefficient (Wildman–Crippen LogP) is 3.77. The molecule has 2 atom stereocenters. The first-order chi connectivity index (χ1) is 13.1. The molecule has 0 bridgehead atoms. The van der Waals surface area contributed by atoms with Crippen LogP contribution >= 0.6 is 11.6 Å². The molecule has 1 saturated heterocycles. The summed E-state index contributed by atoms with van der Waals surface area (Å²) in [4.78, 5) is 11.3. The number of likely N-dealkylation sites (tertiary alicyclic amines) is 1. The number of hydrogen-bond acceptors (Lipinski definition) is 2. The van der Waals surface area contributed by atoms with Gasteiger partial charge in [0, 0.05) is 43.6 Å². The maximum atomic E-state index is 13.2. The number of aliphatic imine (C=N–C) groups is 1. The molecule has 2 unspecified atom stereocenters. The molecule has 1 N–H and O–H groups in total. The Hall–Kier alpha value is -2.08. The van der Waals surface area contributed by atoms with Gasteiger partial charge in [0.25, 0.3) is 0 Å². The average molecular weight is 392 g/mol. The van der Waals surface area contributed by atoms with E-state index in [9.17, 15) is 4.39 Å². The fourth-order valence-electron chi connectivity index (χ4n) is 3.53. The molecule has 3 rings (SSSR count). The third-order valence-corrected chi connectivity index (χ3v) is 5.47. The number of benzene rings is 1. The SMILES string of the molecule is CCNC(=NCCc1ccc(F)cc1Cl)N1CCC(C)C(n2ccnc2)C1. The summed E-state index contributed by atoms with van der Waals surface area (Å²) in [6.45, 7) is 7.68. The van der Waals surface area contributed by atoms with Gasteiger partial charge in [-0.2, -0.15) is 0 Å². The molecule has 7 heteroatoms. The first-order valence-corrected chi connectivity index (χ1v) is 9.91. The quantitative estimate of drug-likeness (QED) is 0.623. The van der Waals surface area contributed by atoms with Crippen molar-refractivity contribution in [1.82, 2.24) is 19.8 Å². The molecule has 1 aromatic heterocycles. The summed E-state index contributed by atoms with van der Waals surface area (Å²) in [7, 11) is 0. The lowest BCUT2D eigenvalue weighted by Gasteiger charge is -2.39. The smallest absolute Gasteiger partial charge is 0.193 e. The largest absolute Gasteiger partial charge is 0.357 e. The summed E-state index contributed by atoms with van der Waals surface area (Å²) in [5.74, 6) is 1.21. The zero-order chi connectivity index (χ0) is 19.2. The zero-order valence-corrected chi connectivity index (χ0v) is 16.7. The summed E-state index contributed by atoms with van der Waals surface area (Å²) < 4.78 is 15.4. The van der Waals surface area contributed by atoms with Crippen LogP contribution in [0.25, 0.3) is 0 Å². The zero-order valence-electron chi connectivity index (χ0n) is 15.9. The highest BCUT2D eigenvalue weighted by molar-refractivity contribution is 6.31. The number of guanidine groups is 1. The highest BCUT2D eigenvalue weighted by Crippen LogP contribution is 2.27. The lowest BCUT2D eigenvalue weighted by atomic mass is 9.93. The Labute approximate surface area is 165 Å². The van der Waals surface area contributed by atoms with Gasteiger partial charge in [-0.15, -0.1) is 0 Å². The molecule has 27 heavy (non-hydrogen) atoms. The number of rotatable bonds is 5. The average Bonchev–Trinajstić information content (AvgIpc) is 3.18. The normalized spacial score (nSPS) is 20.7. The third kappa shape index (κ3) is 5.01. The van der Waals surface area contributed by atoms with E-state index in [0.717, 1.165) is 37.6 Å². The number of halogens is 2. The number of piperidine rings is 1. The molecule has 1 aliphatic rings. The molecule has 5 nitrogen and oxygen atoms in total. The van der Waals surface area contributed by atoms with Crippen LogP contribution in [0.5, 0.6) is 0 Å².